The van der Waals surface area contributed by atoms with E-state index in [2.05, 4.69) is 0 Å². The molecule has 1 rings (SSSR count). The maximum Gasteiger partial charge on any atom is 0.163 e. The summed E-state index contributed by atoms with van der Waals surface area (Å²) in [6, 6.07) is -0.201. The van der Waals surface area contributed by atoms with E-state index in [-0.39, 0.29) is 18.8 Å². The Morgan fingerprint density at radius 2 is 2.33 bits per heavy atom. The second-order valence-electron chi connectivity index (χ2n) is 3.63. The van der Waals surface area contributed by atoms with E-state index in [1.807, 2.05) is 13.8 Å². The van der Waals surface area contributed by atoms with Crippen LogP contribution in [-0.4, -0.2) is 36.3 Å². The standard InChI is InChI=1S/C8H17NO3/c1-8(2)11-5-7(12-8)3-6(9)4-10/h6-7,10H,3-5,9H2,1-2H3. The van der Waals surface area contributed by atoms with Gasteiger partial charge in [-0.25, -0.2) is 0 Å². The fourth-order valence-electron chi connectivity index (χ4n) is 1.29. The lowest BCUT2D eigenvalue weighted by Gasteiger charge is -2.18. The monoisotopic (exact) mass is 175 g/mol. The van der Waals surface area contributed by atoms with Crippen molar-refractivity contribution in [3.05, 3.63) is 0 Å². The van der Waals surface area contributed by atoms with Crippen molar-refractivity contribution >= 4 is 0 Å². The summed E-state index contributed by atoms with van der Waals surface area (Å²) in [5.41, 5.74) is 5.56. The highest BCUT2D eigenvalue weighted by Crippen LogP contribution is 2.24. The SMILES string of the molecule is CC1(C)OCC(CC(N)CO)O1. The van der Waals surface area contributed by atoms with Crippen molar-refractivity contribution in [1.29, 1.82) is 0 Å². The molecule has 1 heterocycles. The Bertz CT molecular complexity index is 149. The molecule has 0 aromatic rings. The van der Waals surface area contributed by atoms with E-state index >= 15 is 0 Å². The van der Waals surface area contributed by atoms with Crippen LogP contribution in [0.25, 0.3) is 0 Å². The molecule has 1 aliphatic rings. The van der Waals surface area contributed by atoms with Gasteiger partial charge in [-0.3, -0.25) is 0 Å². The second kappa shape index (κ2) is 3.70. The molecule has 0 radical (unpaired) electrons. The first kappa shape index (κ1) is 9.92. The molecule has 4 nitrogen and oxygen atoms in total. The normalized spacial score (nSPS) is 30.5. The summed E-state index contributed by atoms with van der Waals surface area (Å²) in [6.07, 6.45) is 0.682. The number of aliphatic hydroxyl groups excluding tert-OH is 1. The van der Waals surface area contributed by atoms with Crippen LogP contribution in [-0.2, 0) is 9.47 Å². The Hall–Kier alpha value is -0.160. The zero-order valence-corrected chi connectivity index (χ0v) is 7.62. The molecule has 1 aliphatic heterocycles. The van der Waals surface area contributed by atoms with Crippen LogP contribution < -0.4 is 5.73 Å². The Labute approximate surface area is 72.6 Å². The third-order valence-corrected chi connectivity index (χ3v) is 1.87. The fourth-order valence-corrected chi connectivity index (χ4v) is 1.29. The van der Waals surface area contributed by atoms with Gasteiger partial charge >= 0.3 is 0 Å². The summed E-state index contributed by atoms with van der Waals surface area (Å²) in [5, 5.41) is 8.70. The zero-order valence-electron chi connectivity index (χ0n) is 7.62. The Balaban J connectivity index is 2.28. The minimum Gasteiger partial charge on any atom is -0.395 e. The Morgan fingerprint density at radius 3 is 2.75 bits per heavy atom. The van der Waals surface area contributed by atoms with Crippen LogP contribution in [0.2, 0.25) is 0 Å². The van der Waals surface area contributed by atoms with Crippen LogP contribution in [0.3, 0.4) is 0 Å². The minimum atomic E-state index is -0.486. The Morgan fingerprint density at radius 1 is 1.67 bits per heavy atom. The first-order valence-electron chi connectivity index (χ1n) is 4.22. The minimum absolute atomic E-state index is 0.000286. The van der Waals surface area contributed by atoms with Crippen molar-refractivity contribution in [2.24, 2.45) is 5.73 Å². The number of hydrogen-bond acceptors (Lipinski definition) is 4. The number of hydrogen-bond donors (Lipinski definition) is 2. The molecule has 0 saturated carbocycles. The van der Waals surface area contributed by atoms with Crippen molar-refractivity contribution in [3.63, 3.8) is 0 Å². The van der Waals surface area contributed by atoms with Crippen molar-refractivity contribution in [2.45, 2.75) is 38.2 Å². The first-order valence-corrected chi connectivity index (χ1v) is 4.22. The molecule has 0 aromatic heterocycles. The van der Waals surface area contributed by atoms with E-state index in [0.717, 1.165) is 0 Å². The highest BCUT2D eigenvalue weighted by molar-refractivity contribution is 4.75. The van der Waals surface area contributed by atoms with E-state index in [4.69, 9.17) is 20.3 Å². The molecule has 0 spiro atoms. The van der Waals surface area contributed by atoms with Crippen LogP contribution in [0.4, 0.5) is 0 Å². The van der Waals surface area contributed by atoms with E-state index in [0.29, 0.717) is 13.0 Å². The van der Waals surface area contributed by atoms with Gasteiger partial charge in [0.2, 0.25) is 0 Å². The van der Waals surface area contributed by atoms with Crippen LogP contribution in [0.1, 0.15) is 20.3 Å². The van der Waals surface area contributed by atoms with Gasteiger partial charge < -0.3 is 20.3 Å². The van der Waals surface area contributed by atoms with E-state index in [1.165, 1.54) is 0 Å². The van der Waals surface area contributed by atoms with Crippen LogP contribution >= 0.6 is 0 Å². The predicted octanol–water partition coefficient (Wildman–Crippen LogP) is -0.152. The van der Waals surface area contributed by atoms with Crippen LogP contribution in [0.15, 0.2) is 0 Å². The van der Waals surface area contributed by atoms with E-state index in [9.17, 15) is 0 Å². The van der Waals surface area contributed by atoms with E-state index in [1.54, 1.807) is 0 Å². The molecule has 1 fully saturated rings. The molecule has 1 saturated heterocycles. The Kier molecular flexibility index (Phi) is 3.06. The summed E-state index contributed by atoms with van der Waals surface area (Å²) in [4.78, 5) is 0. The van der Waals surface area contributed by atoms with Crippen molar-refractivity contribution in [1.82, 2.24) is 0 Å². The molecular formula is C8H17NO3. The molecule has 2 unspecified atom stereocenters. The molecule has 0 aromatic carbocycles. The van der Waals surface area contributed by atoms with E-state index < -0.39 is 5.79 Å². The largest absolute Gasteiger partial charge is 0.395 e. The van der Waals surface area contributed by atoms with Gasteiger partial charge in [-0.1, -0.05) is 0 Å². The third kappa shape index (κ3) is 2.71. The summed E-state index contributed by atoms with van der Waals surface area (Å²) in [7, 11) is 0. The molecule has 0 bridgehead atoms. The topological polar surface area (TPSA) is 64.7 Å². The van der Waals surface area contributed by atoms with Crippen molar-refractivity contribution in [3.8, 4) is 0 Å². The molecule has 0 amide bonds. The van der Waals surface area contributed by atoms with Crippen LogP contribution in [0, 0.1) is 0 Å². The second-order valence-corrected chi connectivity index (χ2v) is 3.63. The summed E-state index contributed by atoms with van der Waals surface area (Å²) in [5.74, 6) is -0.486. The van der Waals surface area contributed by atoms with Crippen molar-refractivity contribution < 1.29 is 14.6 Å². The average molecular weight is 175 g/mol. The van der Waals surface area contributed by atoms with Gasteiger partial charge in [0.1, 0.15) is 0 Å². The number of nitrogens with two attached hydrogens (primary N) is 1. The molecule has 0 aliphatic carbocycles. The average Bonchev–Trinajstić information content (AvgIpc) is 2.30. The number of rotatable bonds is 3. The molecular weight excluding hydrogens is 158 g/mol. The molecule has 72 valence electrons. The zero-order chi connectivity index (χ0) is 9.19. The molecule has 2 atom stereocenters. The molecule has 4 heteroatoms. The van der Waals surface area contributed by atoms with Gasteiger partial charge in [0.05, 0.1) is 19.3 Å². The smallest absolute Gasteiger partial charge is 0.163 e. The summed E-state index contributed by atoms with van der Waals surface area (Å²) < 4.78 is 10.8. The summed E-state index contributed by atoms with van der Waals surface area (Å²) in [6.45, 7) is 4.32. The lowest BCUT2D eigenvalue weighted by atomic mass is 10.1. The van der Waals surface area contributed by atoms with Gasteiger partial charge in [0.15, 0.2) is 5.79 Å². The van der Waals surface area contributed by atoms with Gasteiger partial charge in [0.25, 0.3) is 0 Å². The third-order valence-electron chi connectivity index (χ3n) is 1.87. The summed E-state index contributed by atoms with van der Waals surface area (Å²) >= 11 is 0. The quantitative estimate of drug-likeness (QED) is 0.626. The highest BCUT2D eigenvalue weighted by atomic mass is 16.7. The predicted molar refractivity (Wildman–Crippen MR) is 44.6 cm³/mol. The maximum absolute atomic E-state index is 8.70. The first-order chi connectivity index (χ1) is 5.53. The highest BCUT2D eigenvalue weighted by Gasteiger charge is 2.33. The van der Waals surface area contributed by atoms with Crippen LogP contribution in [0.5, 0.6) is 0 Å². The number of aliphatic hydroxyl groups is 1. The van der Waals surface area contributed by atoms with Gasteiger partial charge in [-0.05, 0) is 20.3 Å². The lowest BCUT2D eigenvalue weighted by Crippen LogP contribution is -2.31. The van der Waals surface area contributed by atoms with Gasteiger partial charge in [-0.15, -0.1) is 0 Å². The van der Waals surface area contributed by atoms with Gasteiger partial charge in [-0.2, -0.15) is 0 Å². The van der Waals surface area contributed by atoms with Gasteiger partial charge in [0, 0.05) is 6.04 Å². The van der Waals surface area contributed by atoms with Crippen molar-refractivity contribution in [2.75, 3.05) is 13.2 Å². The fraction of sp³-hybridized carbons (Fsp3) is 1.00. The maximum atomic E-state index is 8.70. The molecule has 3 N–H and O–H groups in total. The number of ether oxygens (including phenoxy) is 2. The lowest BCUT2D eigenvalue weighted by molar-refractivity contribution is -0.139. The molecule has 12 heavy (non-hydrogen) atoms.